The number of benzene rings is 1. The predicted molar refractivity (Wildman–Crippen MR) is 91.2 cm³/mol. The van der Waals surface area contributed by atoms with Crippen molar-refractivity contribution in [3.63, 3.8) is 0 Å². The number of anilines is 1. The van der Waals surface area contributed by atoms with E-state index < -0.39 is 0 Å². The van der Waals surface area contributed by atoms with Gasteiger partial charge in [0.1, 0.15) is 0 Å². The second-order valence-electron chi connectivity index (χ2n) is 6.76. The molecule has 0 saturated carbocycles. The predicted octanol–water partition coefficient (Wildman–Crippen LogP) is 4.56. The van der Waals surface area contributed by atoms with Gasteiger partial charge in [-0.15, -0.1) is 0 Å². The van der Waals surface area contributed by atoms with Crippen molar-refractivity contribution < 1.29 is 0 Å². The SMILES string of the molecule is C=C(c1cccc(C(C)(C)C)c1NCC)C(C)(N)CC. The fourth-order valence-corrected chi connectivity index (χ4v) is 2.32. The average molecular weight is 274 g/mol. The first-order chi connectivity index (χ1) is 9.15. The third-order valence-electron chi connectivity index (χ3n) is 3.97. The molecule has 1 aromatic carbocycles. The van der Waals surface area contributed by atoms with Crippen molar-refractivity contribution in [3.05, 3.63) is 35.9 Å². The van der Waals surface area contributed by atoms with Crippen LogP contribution >= 0.6 is 0 Å². The minimum Gasteiger partial charge on any atom is -0.385 e. The van der Waals surface area contributed by atoms with Crippen molar-refractivity contribution >= 4 is 11.3 Å². The van der Waals surface area contributed by atoms with E-state index in [2.05, 4.69) is 71.6 Å². The Morgan fingerprint density at radius 2 is 1.80 bits per heavy atom. The summed E-state index contributed by atoms with van der Waals surface area (Å²) in [6.07, 6.45) is 0.872. The molecular formula is C18H30N2. The number of para-hydroxylation sites is 1. The summed E-state index contributed by atoms with van der Waals surface area (Å²) in [5.74, 6) is 0. The van der Waals surface area contributed by atoms with Gasteiger partial charge >= 0.3 is 0 Å². The lowest BCUT2D eigenvalue weighted by atomic mass is 9.80. The minimum atomic E-state index is -0.374. The minimum absolute atomic E-state index is 0.0883. The molecule has 0 heterocycles. The number of nitrogens with one attached hydrogen (secondary N) is 1. The van der Waals surface area contributed by atoms with Crippen LogP contribution in [0.2, 0.25) is 0 Å². The summed E-state index contributed by atoms with van der Waals surface area (Å²) in [6, 6.07) is 6.42. The summed E-state index contributed by atoms with van der Waals surface area (Å²) >= 11 is 0. The first-order valence-corrected chi connectivity index (χ1v) is 7.51. The maximum absolute atomic E-state index is 6.39. The van der Waals surface area contributed by atoms with Gasteiger partial charge in [-0.05, 0) is 36.8 Å². The molecule has 20 heavy (non-hydrogen) atoms. The van der Waals surface area contributed by atoms with E-state index in [9.17, 15) is 0 Å². The van der Waals surface area contributed by atoms with Gasteiger partial charge < -0.3 is 11.1 Å². The smallest absolute Gasteiger partial charge is 0.0454 e. The molecule has 0 spiro atoms. The zero-order chi connectivity index (χ0) is 15.6. The molecule has 0 aliphatic carbocycles. The van der Waals surface area contributed by atoms with Crippen LogP contribution in [0.5, 0.6) is 0 Å². The quantitative estimate of drug-likeness (QED) is 0.826. The van der Waals surface area contributed by atoms with E-state index in [-0.39, 0.29) is 11.0 Å². The molecule has 0 aromatic heterocycles. The Labute approximate surface area is 124 Å². The van der Waals surface area contributed by atoms with Gasteiger partial charge in [-0.1, -0.05) is 52.5 Å². The van der Waals surface area contributed by atoms with Gasteiger partial charge in [0.05, 0.1) is 0 Å². The van der Waals surface area contributed by atoms with Crippen molar-refractivity contribution in [2.24, 2.45) is 5.73 Å². The van der Waals surface area contributed by atoms with E-state index in [0.717, 1.165) is 24.1 Å². The second-order valence-corrected chi connectivity index (χ2v) is 6.76. The molecule has 2 nitrogen and oxygen atoms in total. The third-order valence-corrected chi connectivity index (χ3v) is 3.97. The van der Waals surface area contributed by atoms with Crippen molar-refractivity contribution in [1.82, 2.24) is 0 Å². The zero-order valence-corrected chi connectivity index (χ0v) is 13.9. The van der Waals surface area contributed by atoms with Crippen LogP contribution in [0.1, 0.15) is 59.1 Å². The summed E-state index contributed by atoms with van der Waals surface area (Å²) < 4.78 is 0. The molecule has 1 aromatic rings. The molecule has 0 fully saturated rings. The topological polar surface area (TPSA) is 38.0 Å². The Balaban J connectivity index is 3.44. The van der Waals surface area contributed by atoms with E-state index in [4.69, 9.17) is 5.73 Å². The van der Waals surface area contributed by atoms with Gasteiger partial charge in [0.25, 0.3) is 0 Å². The number of rotatable bonds is 5. The lowest BCUT2D eigenvalue weighted by molar-refractivity contribution is 0.580. The van der Waals surface area contributed by atoms with Crippen LogP contribution in [0.4, 0.5) is 5.69 Å². The maximum atomic E-state index is 6.39. The van der Waals surface area contributed by atoms with Gasteiger partial charge in [-0.2, -0.15) is 0 Å². The number of nitrogens with two attached hydrogens (primary N) is 1. The average Bonchev–Trinajstić information content (AvgIpc) is 2.37. The standard InChI is InChI=1S/C18H30N2/c1-8-18(7,19)13(3)14-11-10-12-15(17(4,5)6)16(14)20-9-2/h10-12,20H,3,8-9,19H2,1-2,4-7H3. The van der Waals surface area contributed by atoms with Crippen LogP contribution in [0.15, 0.2) is 24.8 Å². The zero-order valence-electron chi connectivity index (χ0n) is 13.9. The fraction of sp³-hybridized carbons (Fsp3) is 0.556. The lowest BCUT2D eigenvalue weighted by Crippen LogP contribution is -2.36. The summed E-state index contributed by atoms with van der Waals surface area (Å²) in [5, 5.41) is 3.51. The van der Waals surface area contributed by atoms with Gasteiger partial charge in [0.15, 0.2) is 0 Å². The molecule has 112 valence electrons. The maximum Gasteiger partial charge on any atom is 0.0454 e. The number of hydrogen-bond donors (Lipinski definition) is 2. The molecule has 0 aliphatic heterocycles. The molecule has 1 rings (SSSR count). The van der Waals surface area contributed by atoms with Crippen LogP contribution in [-0.4, -0.2) is 12.1 Å². The van der Waals surface area contributed by atoms with Crippen molar-refractivity contribution in [2.75, 3.05) is 11.9 Å². The summed E-state index contributed by atoms with van der Waals surface area (Å²) in [7, 11) is 0. The largest absolute Gasteiger partial charge is 0.385 e. The highest BCUT2D eigenvalue weighted by Gasteiger charge is 2.26. The second kappa shape index (κ2) is 6.01. The Kier molecular flexibility index (Phi) is 5.04. The highest BCUT2D eigenvalue weighted by Crippen LogP contribution is 2.38. The molecule has 1 atom stereocenters. The normalized spacial score (nSPS) is 14.8. The summed E-state index contributed by atoms with van der Waals surface area (Å²) in [5.41, 5.74) is 10.7. The highest BCUT2D eigenvalue weighted by molar-refractivity contribution is 5.82. The van der Waals surface area contributed by atoms with Crippen LogP contribution in [0.3, 0.4) is 0 Å². The first-order valence-electron chi connectivity index (χ1n) is 7.51. The molecule has 0 saturated heterocycles. The molecule has 2 heteroatoms. The van der Waals surface area contributed by atoms with E-state index in [1.807, 2.05) is 0 Å². The van der Waals surface area contributed by atoms with Gasteiger partial charge in [-0.25, -0.2) is 0 Å². The molecule has 3 N–H and O–H groups in total. The van der Waals surface area contributed by atoms with E-state index in [0.29, 0.717) is 0 Å². The van der Waals surface area contributed by atoms with Crippen molar-refractivity contribution in [3.8, 4) is 0 Å². The van der Waals surface area contributed by atoms with Crippen molar-refractivity contribution in [1.29, 1.82) is 0 Å². The Bertz CT molecular complexity index is 479. The fourth-order valence-electron chi connectivity index (χ4n) is 2.32. The summed E-state index contributed by atoms with van der Waals surface area (Å²) in [4.78, 5) is 0. The lowest BCUT2D eigenvalue weighted by Gasteiger charge is -2.31. The van der Waals surface area contributed by atoms with Gasteiger partial charge in [0, 0.05) is 23.3 Å². The van der Waals surface area contributed by atoms with E-state index >= 15 is 0 Å². The van der Waals surface area contributed by atoms with Crippen molar-refractivity contribution in [2.45, 2.75) is 58.9 Å². The van der Waals surface area contributed by atoms with Gasteiger partial charge in [0.2, 0.25) is 0 Å². The van der Waals surface area contributed by atoms with Gasteiger partial charge in [-0.3, -0.25) is 0 Å². The molecule has 0 bridgehead atoms. The Morgan fingerprint density at radius 3 is 2.25 bits per heavy atom. The monoisotopic (exact) mass is 274 g/mol. The first kappa shape index (κ1) is 16.8. The number of hydrogen-bond acceptors (Lipinski definition) is 2. The molecule has 0 radical (unpaired) electrons. The van der Waals surface area contributed by atoms with Crippen LogP contribution < -0.4 is 11.1 Å². The Morgan fingerprint density at radius 1 is 1.20 bits per heavy atom. The van der Waals surface area contributed by atoms with Crippen LogP contribution in [0, 0.1) is 0 Å². The molecular weight excluding hydrogens is 244 g/mol. The van der Waals surface area contributed by atoms with E-state index in [1.54, 1.807) is 0 Å². The molecule has 1 unspecified atom stereocenters. The third kappa shape index (κ3) is 3.43. The molecule has 0 amide bonds. The molecule has 0 aliphatic rings. The van der Waals surface area contributed by atoms with Crippen LogP contribution in [0.25, 0.3) is 5.57 Å². The highest BCUT2D eigenvalue weighted by atomic mass is 14.9. The Hall–Kier alpha value is -1.28. The van der Waals surface area contributed by atoms with Crippen LogP contribution in [-0.2, 0) is 5.41 Å². The van der Waals surface area contributed by atoms with E-state index in [1.165, 1.54) is 11.3 Å². The summed E-state index contributed by atoms with van der Waals surface area (Å²) in [6.45, 7) is 18.1.